The van der Waals surface area contributed by atoms with Gasteiger partial charge in [-0.05, 0) is 0 Å². The van der Waals surface area contributed by atoms with Gasteiger partial charge < -0.3 is 0 Å². The maximum absolute atomic E-state index is 11.6. The standard InChI is InChI=1S/C4H4ClFN4/c5-1-3(8-6)4-2-7-10-9-4/h2H,1H2,(H,7,9,10)/b8-3+. The highest BCUT2D eigenvalue weighted by Gasteiger charge is 2.04. The molecular weight excluding hydrogens is 159 g/mol. The third-order valence-electron chi connectivity index (χ3n) is 0.939. The molecule has 0 spiro atoms. The van der Waals surface area contributed by atoms with Gasteiger partial charge in [-0.1, -0.05) is 9.70 Å². The molecule has 0 atom stereocenters. The summed E-state index contributed by atoms with van der Waals surface area (Å²) in [4.78, 5) is 0. The predicted octanol–water partition coefficient (Wildman–Crippen LogP) is 0.717. The maximum atomic E-state index is 11.6. The summed E-state index contributed by atoms with van der Waals surface area (Å²) in [7, 11) is 0. The van der Waals surface area contributed by atoms with Crippen LogP contribution in [0.4, 0.5) is 4.48 Å². The van der Waals surface area contributed by atoms with E-state index in [1.54, 1.807) is 0 Å². The molecule has 0 amide bonds. The lowest BCUT2D eigenvalue weighted by atomic mass is 10.3. The molecule has 0 bridgehead atoms. The number of aromatic nitrogens is 3. The molecule has 0 saturated carbocycles. The first kappa shape index (κ1) is 7.14. The summed E-state index contributed by atoms with van der Waals surface area (Å²) in [5.74, 6) is -0.0109. The Kier molecular flexibility index (Phi) is 2.33. The van der Waals surface area contributed by atoms with Crippen molar-refractivity contribution in [3.63, 3.8) is 0 Å². The zero-order valence-electron chi connectivity index (χ0n) is 4.88. The van der Waals surface area contributed by atoms with Gasteiger partial charge in [0.25, 0.3) is 0 Å². The van der Waals surface area contributed by atoms with Crippen LogP contribution < -0.4 is 0 Å². The van der Waals surface area contributed by atoms with E-state index in [0.717, 1.165) is 0 Å². The second-order valence-corrected chi connectivity index (χ2v) is 1.79. The highest BCUT2D eigenvalue weighted by Crippen LogP contribution is 1.96. The molecule has 0 aliphatic rings. The smallest absolute Gasteiger partial charge is 0.130 e. The Morgan fingerprint density at radius 2 is 2.70 bits per heavy atom. The van der Waals surface area contributed by atoms with Crippen molar-refractivity contribution in [2.45, 2.75) is 0 Å². The van der Waals surface area contributed by atoms with Crippen molar-refractivity contribution in [3.8, 4) is 0 Å². The molecular formula is C4H4ClFN4. The molecule has 1 N–H and O–H groups in total. The van der Waals surface area contributed by atoms with E-state index < -0.39 is 0 Å². The SMILES string of the molecule is F/N=C(\CCl)c1cn[nH]n1. The number of nitrogens with one attached hydrogen (secondary N) is 1. The summed E-state index contributed by atoms with van der Waals surface area (Å²) < 4.78 is 11.6. The largest absolute Gasteiger partial charge is 0.197 e. The molecule has 0 aromatic carbocycles. The molecule has 0 aliphatic carbocycles. The zero-order valence-corrected chi connectivity index (χ0v) is 5.64. The van der Waals surface area contributed by atoms with Crippen LogP contribution in [0.3, 0.4) is 0 Å². The van der Waals surface area contributed by atoms with E-state index in [4.69, 9.17) is 11.6 Å². The van der Waals surface area contributed by atoms with Crippen LogP contribution in [0.15, 0.2) is 11.4 Å². The average molecular weight is 163 g/mol. The van der Waals surface area contributed by atoms with Gasteiger partial charge in [-0.2, -0.15) is 15.4 Å². The topological polar surface area (TPSA) is 53.9 Å². The molecule has 0 unspecified atom stereocenters. The third-order valence-corrected chi connectivity index (χ3v) is 1.19. The van der Waals surface area contributed by atoms with Crippen LogP contribution in [0.25, 0.3) is 0 Å². The predicted molar refractivity (Wildman–Crippen MR) is 34.7 cm³/mol. The Bertz CT molecular complexity index is 219. The first-order valence-electron chi connectivity index (χ1n) is 2.48. The van der Waals surface area contributed by atoms with E-state index in [-0.39, 0.29) is 11.6 Å². The lowest BCUT2D eigenvalue weighted by molar-refractivity contribution is 0.537. The Hall–Kier alpha value is -0.970. The van der Waals surface area contributed by atoms with Crippen molar-refractivity contribution < 1.29 is 4.48 Å². The molecule has 1 heterocycles. The average Bonchev–Trinajstić information content (AvgIpc) is 2.43. The summed E-state index contributed by atoms with van der Waals surface area (Å²) in [6.45, 7) is 0. The minimum Gasteiger partial charge on any atom is -0.197 e. The monoisotopic (exact) mass is 162 g/mol. The van der Waals surface area contributed by atoms with Crippen LogP contribution in [0.2, 0.25) is 0 Å². The Labute approximate surface area is 61.0 Å². The quantitative estimate of drug-likeness (QED) is 0.515. The normalized spacial score (nSPS) is 12.0. The van der Waals surface area contributed by atoms with Crippen LogP contribution in [-0.2, 0) is 0 Å². The van der Waals surface area contributed by atoms with E-state index >= 15 is 0 Å². The fourth-order valence-corrected chi connectivity index (χ4v) is 0.657. The third kappa shape index (κ3) is 1.30. The summed E-state index contributed by atoms with van der Waals surface area (Å²) in [6, 6.07) is 0. The molecule has 1 aromatic heterocycles. The molecule has 6 heteroatoms. The van der Waals surface area contributed by atoms with Crippen molar-refractivity contribution in [2.24, 2.45) is 5.21 Å². The molecule has 1 rings (SSSR count). The van der Waals surface area contributed by atoms with Crippen LogP contribution in [0.5, 0.6) is 0 Å². The Morgan fingerprint density at radius 3 is 3.10 bits per heavy atom. The number of aromatic amines is 1. The summed E-state index contributed by atoms with van der Waals surface area (Å²) >= 11 is 5.31. The maximum Gasteiger partial charge on any atom is 0.130 e. The summed E-state index contributed by atoms with van der Waals surface area (Å²) in [5, 5.41) is 11.7. The molecule has 0 saturated heterocycles. The van der Waals surface area contributed by atoms with Crippen molar-refractivity contribution in [3.05, 3.63) is 11.9 Å². The highest BCUT2D eigenvalue weighted by molar-refractivity contribution is 6.31. The van der Waals surface area contributed by atoms with Gasteiger partial charge in [0.05, 0.1) is 12.1 Å². The van der Waals surface area contributed by atoms with Gasteiger partial charge in [0.1, 0.15) is 11.4 Å². The molecule has 0 fully saturated rings. The van der Waals surface area contributed by atoms with Crippen LogP contribution in [0.1, 0.15) is 5.69 Å². The van der Waals surface area contributed by atoms with E-state index in [2.05, 4.69) is 20.6 Å². The second kappa shape index (κ2) is 3.26. The van der Waals surface area contributed by atoms with E-state index in [9.17, 15) is 4.48 Å². The molecule has 1 aromatic rings. The molecule has 0 radical (unpaired) electrons. The molecule has 54 valence electrons. The zero-order chi connectivity index (χ0) is 7.40. The number of alkyl halides is 1. The van der Waals surface area contributed by atoms with E-state index in [0.29, 0.717) is 5.69 Å². The van der Waals surface area contributed by atoms with Gasteiger partial charge in [0.15, 0.2) is 0 Å². The van der Waals surface area contributed by atoms with Crippen molar-refractivity contribution in [2.75, 3.05) is 5.88 Å². The number of halogens is 2. The van der Waals surface area contributed by atoms with Crippen LogP contribution in [-0.4, -0.2) is 27.0 Å². The molecule has 0 aliphatic heterocycles. The fraction of sp³-hybridized carbons (Fsp3) is 0.250. The van der Waals surface area contributed by atoms with Gasteiger partial charge in [-0.25, -0.2) is 0 Å². The lowest BCUT2D eigenvalue weighted by Gasteiger charge is -1.88. The van der Waals surface area contributed by atoms with Crippen molar-refractivity contribution in [1.29, 1.82) is 0 Å². The number of rotatable bonds is 2. The van der Waals surface area contributed by atoms with Gasteiger partial charge in [0, 0.05) is 0 Å². The van der Waals surface area contributed by atoms with Crippen molar-refractivity contribution >= 4 is 17.3 Å². The second-order valence-electron chi connectivity index (χ2n) is 1.52. The highest BCUT2D eigenvalue weighted by atomic mass is 35.5. The van der Waals surface area contributed by atoms with Gasteiger partial charge in [-0.3, -0.25) is 0 Å². The summed E-state index contributed by atoms with van der Waals surface area (Å²) in [5.41, 5.74) is 0.410. The Balaban J connectivity index is 2.85. The number of nitrogens with zero attached hydrogens (tertiary/aromatic N) is 3. The lowest BCUT2D eigenvalue weighted by Crippen LogP contribution is -2.01. The van der Waals surface area contributed by atoms with Crippen LogP contribution in [0, 0.1) is 0 Å². The number of hydrogen-bond donors (Lipinski definition) is 1. The van der Waals surface area contributed by atoms with Gasteiger partial charge in [0.2, 0.25) is 0 Å². The first-order valence-corrected chi connectivity index (χ1v) is 3.02. The first-order chi connectivity index (χ1) is 4.88. The van der Waals surface area contributed by atoms with Gasteiger partial charge in [-0.15, -0.1) is 11.6 Å². The molecule has 10 heavy (non-hydrogen) atoms. The summed E-state index contributed by atoms with van der Waals surface area (Å²) in [6.07, 6.45) is 1.35. The minimum absolute atomic E-state index is 0.0109. The Morgan fingerprint density at radius 1 is 1.90 bits per heavy atom. The van der Waals surface area contributed by atoms with E-state index in [1.807, 2.05) is 0 Å². The molecule has 4 nitrogen and oxygen atoms in total. The van der Waals surface area contributed by atoms with Crippen molar-refractivity contribution in [1.82, 2.24) is 15.4 Å². The van der Waals surface area contributed by atoms with Gasteiger partial charge >= 0.3 is 0 Å². The minimum atomic E-state index is -0.0109. The van der Waals surface area contributed by atoms with E-state index in [1.165, 1.54) is 6.20 Å². The fourth-order valence-electron chi connectivity index (χ4n) is 0.475. The number of H-pyrrole nitrogens is 1. The van der Waals surface area contributed by atoms with Crippen LogP contribution >= 0.6 is 11.6 Å². The number of hydrogen-bond acceptors (Lipinski definition) is 3.